The minimum Gasteiger partial charge on any atom is -0.491 e. The standard InChI is InChI=1S/C36H28Cl2N2O4/c1-20(2)44-24-14-11-22(12-15-24)32(41)30-31(33(42)26-16-13-23(37)19-28(26)38)40-18-17-21-7-3-4-8-25(21)34(40)36(30)27-9-5-6-10-29(27)39-35(36)43/h3-20,30-31,34H,1-2H3,(H,39,43)/t30-,31-,34-,36-/m1/s1. The predicted octanol–water partition coefficient (Wildman–Crippen LogP) is 7.76. The van der Waals surface area contributed by atoms with E-state index in [-0.39, 0.29) is 34.2 Å². The summed E-state index contributed by atoms with van der Waals surface area (Å²) in [4.78, 5) is 46.1. The molecule has 3 aliphatic heterocycles. The van der Waals surface area contributed by atoms with Gasteiger partial charge in [0.25, 0.3) is 0 Å². The highest BCUT2D eigenvalue weighted by atomic mass is 35.5. The van der Waals surface area contributed by atoms with Gasteiger partial charge < -0.3 is 15.0 Å². The first-order valence-electron chi connectivity index (χ1n) is 14.5. The molecule has 4 aromatic rings. The molecule has 0 radical (unpaired) electrons. The van der Waals surface area contributed by atoms with E-state index < -0.39 is 23.4 Å². The monoisotopic (exact) mass is 622 g/mol. The molecule has 1 saturated heterocycles. The van der Waals surface area contributed by atoms with Gasteiger partial charge in [0.1, 0.15) is 17.2 Å². The minimum atomic E-state index is -1.43. The highest BCUT2D eigenvalue weighted by molar-refractivity contribution is 6.37. The number of anilines is 1. The van der Waals surface area contributed by atoms with Gasteiger partial charge >= 0.3 is 0 Å². The Balaban J connectivity index is 1.49. The summed E-state index contributed by atoms with van der Waals surface area (Å²) < 4.78 is 5.82. The second-order valence-corrected chi connectivity index (χ2v) is 12.5. The predicted molar refractivity (Wildman–Crippen MR) is 171 cm³/mol. The first kappa shape index (κ1) is 28.4. The van der Waals surface area contributed by atoms with Gasteiger partial charge in [-0.25, -0.2) is 0 Å². The fourth-order valence-electron chi connectivity index (χ4n) is 7.17. The molecule has 4 atom stereocenters. The molecule has 0 aromatic heterocycles. The van der Waals surface area contributed by atoms with Crippen LogP contribution in [0.5, 0.6) is 5.75 Å². The number of ether oxygens (including phenoxy) is 1. The zero-order chi connectivity index (χ0) is 30.7. The second kappa shape index (κ2) is 10.7. The number of rotatable bonds is 6. The highest BCUT2D eigenvalue weighted by Gasteiger charge is 2.70. The maximum absolute atomic E-state index is 15.0. The van der Waals surface area contributed by atoms with Gasteiger partial charge in [0.05, 0.1) is 23.1 Å². The molecule has 6 nitrogen and oxygen atoms in total. The Hall–Kier alpha value is -4.39. The molecular weight excluding hydrogens is 595 g/mol. The molecule has 220 valence electrons. The van der Waals surface area contributed by atoms with E-state index >= 15 is 0 Å². The van der Waals surface area contributed by atoms with E-state index in [9.17, 15) is 14.4 Å². The van der Waals surface area contributed by atoms with Gasteiger partial charge in [0, 0.05) is 28.0 Å². The number of para-hydroxylation sites is 1. The number of ketones is 2. The number of carbonyl (C=O) groups excluding carboxylic acids is 3. The molecule has 8 heteroatoms. The number of Topliss-reactive ketones (excluding diaryl/α,β-unsaturated/α-hetero) is 2. The smallest absolute Gasteiger partial charge is 0.238 e. The fraction of sp³-hybridized carbons (Fsp3) is 0.194. The molecule has 0 saturated carbocycles. The van der Waals surface area contributed by atoms with Crippen LogP contribution in [-0.2, 0) is 10.2 Å². The average molecular weight is 624 g/mol. The molecule has 0 bridgehead atoms. The van der Waals surface area contributed by atoms with Crippen molar-refractivity contribution in [2.75, 3.05) is 5.32 Å². The molecule has 0 unspecified atom stereocenters. The molecule has 0 aliphatic carbocycles. The number of nitrogens with one attached hydrogen (secondary N) is 1. The van der Waals surface area contributed by atoms with Crippen LogP contribution in [0.4, 0.5) is 5.69 Å². The van der Waals surface area contributed by atoms with Crippen LogP contribution >= 0.6 is 23.2 Å². The van der Waals surface area contributed by atoms with Crippen molar-refractivity contribution < 1.29 is 19.1 Å². The third-order valence-electron chi connectivity index (χ3n) is 8.83. The summed E-state index contributed by atoms with van der Waals surface area (Å²) in [5, 5.41) is 3.63. The van der Waals surface area contributed by atoms with Gasteiger partial charge in [-0.2, -0.15) is 0 Å². The summed E-state index contributed by atoms with van der Waals surface area (Å²) in [6, 6.07) is 25.1. The van der Waals surface area contributed by atoms with Crippen molar-refractivity contribution in [3.05, 3.63) is 135 Å². The molecule has 4 aromatic carbocycles. The Kier molecular flexibility index (Phi) is 6.87. The number of halogens is 2. The number of amides is 1. The number of carbonyl (C=O) groups is 3. The van der Waals surface area contributed by atoms with Gasteiger partial charge in [0.2, 0.25) is 5.91 Å². The summed E-state index contributed by atoms with van der Waals surface area (Å²) in [6.07, 6.45) is 3.72. The van der Waals surface area contributed by atoms with Crippen molar-refractivity contribution in [3.8, 4) is 5.75 Å². The van der Waals surface area contributed by atoms with Gasteiger partial charge in [-0.05, 0) is 85.1 Å². The summed E-state index contributed by atoms with van der Waals surface area (Å²) in [7, 11) is 0. The summed E-state index contributed by atoms with van der Waals surface area (Å²) in [5.41, 5.74) is 2.26. The second-order valence-electron chi connectivity index (χ2n) is 11.6. The van der Waals surface area contributed by atoms with Gasteiger partial charge in [-0.15, -0.1) is 0 Å². The van der Waals surface area contributed by atoms with Crippen molar-refractivity contribution in [3.63, 3.8) is 0 Å². The number of hydrogen-bond acceptors (Lipinski definition) is 5. The van der Waals surface area contributed by atoms with Gasteiger partial charge in [0.15, 0.2) is 11.6 Å². The topological polar surface area (TPSA) is 75.7 Å². The lowest BCUT2D eigenvalue weighted by molar-refractivity contribution is -0.122. The number of benzene rings is 4. The average Bonchev–Trinajstić information content (AvgIpc) is 3.49. The molecule has 1 fully saturated rings. The highest BCUT2D eigenvalue weighted by Crippen LogP contribution is 2.62. The van der Waals surface area contributed by atoms with Gasteiger partial charge in [-0.3, -0.25) is 14.4 Å². The van der Waals surface area contributed by atoms with Crippen LogP contribution in [0.15, 0.2) is 97.2 Å². The summed E-state index contributed by atoms with van der Waals surface area (Å²) >= 11 is 12.8. The zero-order valence-corrected chi connectivity index (χ0v) is 25.5. The normalized spacial score (nSPS) is 22.9. The van der Waals surface area contributed by atoms with Crippen LogP contribution in [0.25, 0.3) is 6.08 Å². The lowest BCUT2D eigenvalue weighted by atomic mass is 9.62. The van der Waals surface area contributed by atoms with E-state index in [4.69, 9.17) is 27.9 Å². The molecule has 1 amide bonds. The lowest BCUT2D eigenvalue weighted by Gasteiger charge is -2.38. The number of fused-ring (bicyclic) bond motifs is 6. The van der Waals surface area contributed by atoms with Crippen LogP contribution in [0, 0.1) is 5.92 Å². The van der Waals surface area contributed by atoms with Crippen molar-refractivity contribution in [1.29, 1.82) is 0 Å². The third kappa shape index (κ3) is 4.20. The van der Waals surface area contributed by atoms with Crippen LogP contribution in [0.1, 0.15) is 57.3 Å². The van der Waals surface area contributed by atoms with E-state index in [1.165, 1.54) is 6.07 Å². The zero-order valence-electron chi connectivity index (χ0n) is 24.0. The molecule has 3 heterocycles. The van der Waals surface area contributed by atoms with Crippen LogP contribution < -0.4 is 10.1 Å². The number of hydrogen-bond donors (Lipinski definition) is 1. The van der Waals surface area contributed by atoms with Crippen LogP contribution in [0.2, 0.25) is 10.0 Å². The molecule has 3 aliphatic rings. The van der Waals surface area contributed by atoms with E-state index in [0.717, 1.165) is 11.1 Å². The van der Waals surface area contributed by atoms with Gasteiger partial charge in [-0.1, -0.05) is 65.7 Å². The summed E-state index contributed by atoms with van der Waals surface area (Å²) in [5.74, 6) is -1.50. The van der Waals surface area contributed by atoms with Crippen molar-refractivity contribution in [2.45, 2.75) is 37.5 Å². The molecular formula is C36H28Cl2N2O4. The largest absolute Gasteiger partial charge is 0.491 e. The maximum Gasteiger partial charge on any atom is 0.238 e. The van der Waals surface area contributed by atoms with Crippen molar-refractivity contribution in [1.82, 2.24) is 4.90 Å². The Morgan fingerprint density at radius 3 is 2.39 bits per heavy atom. The Morgan fingerprint density at radius 1 is 0.909 bits per heavy atom. The molecule has 44 heavy (non-hydrogen) atoms. The Labute approximate surface area is 265 Å². The van der Waals surface area contributed by atoms with Crippen LogP contribution in [0.3, 0.4) is 0 Å². The van der Waals surface area contributed by atoms with E-state index in [0.29, 0.717) is 27.6 Å². The third-order valence-corrected chi connectivity index (χ3v) is 9.38. The van der Waals surface area contributed by atoms with E-state index in [1.807, 2.05) is 79.6 Å². The van der Waals surface area contributed by atoms with E-state index in [1.54, 1.807) is 36.4 Å². The first-order chi connectivity index (χ1) is 21.2. The number of nitrogens with zero attached hydrogens (tertiary/aromatic N) is 1. The SMILES string of the molecule is CC(C)Oc1ccc(C(=O)[C@H]2[C@H](C(=O)c3ccc(Cl)cc3Cl)N3C=Cc4ccccc4[C@@H]3[C@]23C(=O)Nc2ccccc23)cc1. The van der Waals surface area contributed by atoms with Crippen molar-refractivity contribution in [2.24, 2.45) is 5.92 Å². The molecule has 7 rings (SSSR count). The lowest BCUT2D eigenvalue weighted by Crippen LogP contribution is -2.49. The Bertz CT molecular complexity index is 1870. The van der Waals surface area contributed by atoms with Crippen molar-refractivity contribution >= 4 is 52.4 Å². The maximum atomic E-state index is 15.0. The molecule has 1 N–H and O–H groups in total. The fourth-order valence-corrected chi connectivity index (χ4v) is 7.67. The minimum absolute atomic E-state index is 0.0396. The van der Waals surface area contributed by atoms with E-state index in [2.05, 4.69) is 5.32 Å². The summed E-state index contributed by atoms with van der Waals surface area (Å²) in [6.45, 7) is 3.86. The first-order valence-corrected chi connectivity index (χ1v) is 15.2. The Morgan fingerprint density at radius 2 is 1.64 bits per heavy atom. The van der Waals surface area contributed by atoms with Crippen LogP contribution in [-0.4, -0.2) is 34.5 Å². The quantitative estimate of drug-likeness (QED) is 0.222. The molecule has 1 spiro atoms.